The van der Waals surface area contributed by atoms with Gasteiger partial charge in [-0.05, 0) is 66.4 Å². The molecule has 0 spiro atoms. The Hall–Kier alpha value is -0.870. The van der Waals surface area contributed by atoms with E-state index in [1.807, 2.05) is 31.1 Å². The number of halogens is 3. The Kier molecular flexibility index (Phi) is 6.37. The zero-order chi connectivity index (χ0) is 19.8. The Morgan fingerprint density at radius 1 is 1.04 bits per heavy atom. The molecule has 5 nitrogen and oxygen atoms in total. The molecule has 3 aromatic rings. The van der Waals surface area contributed by atoms with Gasteiger partial charge in [0.05, 0.1) is 16.6 Å². The molecule has 0 saturated heterocycles. The molecule has 0 aliphatic rings. The summed E-state index contributed by atoms with van der Waals surface area (Å²) in [6, 6.07) is 10.2. The molecule has 27 heavy (non-hydrogen) atoms. The predicted molar refractivity (Wildman–Crippen MR) is 118 cm³/mol. The number of hydrogen-bond acceptors (Lipinski definition) is 4. The van der Waals surface area contributed by atoms with Gasteiger partial charge in [0.25, 0.3) is 10.0 Å². The molecule has 0 atom stereocenters. The van der Waals surface area contributed by atoms with Crippen molar-refractivity contribution < 1.29 is 13.2 Å². The van der Waals surface area contributed by atoms with Crippen molar-refractivity contribution in [2.24, 2.45) is 0 Å². The Morgan fingerprint density at radius 3 is 2.33 bits per heavy atom. The van der Waals surface area contributed by atoms with Gasteiger partial charge in [-0.1, -0.05) is 31.9 Å². The van der Waals surface area contributed by atoms with Crippen LogP contribution in [0.5, 0.6) is 5.75 Å². The molecule has 0 saturated carbocycles. The summed E-state index contributed by atoms with van der Waals surface area (Å²) >= 11 is 10.3. The van der Waals surface area contributed by atoms with E-state index in [4.69, 9.17) is 4.74 Å². The second kappa shape index (κ2) is 8.24. The van der Waals surface area contributed by atoms with E-state index in [0.29, 0.717) is 22.3 Å². The standard InChI is InChI=1S/C18H17Br3N2O3S/c1-22(2)7-8-26-17-11-23(18-15(17)9-13(20)10-16(18)21)27(24,25)14-5-3-12(19)4-6-14/h3-6,9-11H,7-8H2,1-2H3. The van der Waals surface area contributed by atoms with Crippen LogP contribution in [0.2, 0.25) is 0 Å². The maximum absolute atomic E-state index is 13.2. The van der Waals surface area contributed by atoms with E-state index in [-0.39, 0.29) is 4.90 Å². The molecule has 3 rings (SSSR count). The Labute approximate surface area is 183 Å². The highest BCUT2D eigenvalue weighted by atomic mass is 79.9. The van der Waals surface area contributed by atoms with Crippen LogP contribution in [0.25, 0.3) is 10.9 Å². The molecule has 1 aromatic heterocycles. The van der Waals surface area contributed by atoms with Crippen LogP contribution in [0.1, 0.15) is 0 Å². The minimum atomic E-state index is -3.78. The van der Waals surface area contributed by atoms with Gasteiger partial charge in [-0.2, -0.15) is 0 Å². The molecular weight excluding hydrogens is 564 g/mol. The molecule has 0 amide bonds. The van der Waals surface area contributed by atoms with Crippen LogP contribution in [0, 0.1) is 0 Å². The molecular formula is C18H17Br3N2O3S. The van der Waals surface area contributed by atoms with E-state index in [9.17, 15) is 8.42 Å². The molecule has 9 heteroatoms. The first-order valence-electron chi connectivity index (χ1n) is 7.99. The van der Waals surface area contributed by atoms with Gasteiger partial charge >= 0.3 is 0 Å². The quantitative estimate of drug-likeness (QED) is 0.407. The normalized spacial score (nSPS) is 12.1. The van der Waals surface area contributed by atoms with Crippen LogP contribution < -0.4 is 4.74 Å². The van der Waals surface area contributed by atoms with Gasteiger partial charge < -0.3 is 9.64 Å². The highest BCUT2D eigenvalue weighted by Gasteiger charge is 2.24. The van der Waals surface area contributed by atoms with Crippen molar-refractivity contribution in [2.45, 2.75) is 4.90 Å². The number of aromatic nitrogens is 1. The van der Waals surface area contributed by atoms with Gasteiger partial charge in [-0.3, -0.25) is 0 Å². The molecule has 0 aliphatic heterocycles. The van der Waals surface area contributed by atoms with E-state index >= 15 is 0 Å². The van der Waals surface area contributed by atoms with E-state index in [2.05, 4.69) is 47.8 Å². The largest absolute Gasteiger partial charge is 0.490 e. The van der Waals surface area contributed by atoms with Crippen molar-refractivity contribution in [3.05, 3.63) is 56.0 Å². The minimum Gasteiger partial charge on any atom is -0.490 e. The second-order valence-electron chi connectivity index (χ2n) is 6.18. The molecule has 0 bridgehead atoms. The van der Waals surface area contributed by atoms with E-state index in [1.165, 1.54) is 10.2 Å². The van der Waals surface area contributed by atoms with Crippen LogP contribution >= 0.6 is 47.8 Å². The predicted octanol–water partition coefficient (Wildman–Crippen LogP) is 5.11. The van der Waals surface area contributed by atoms with Crippen molar-refractivity contribution in [3.8, 4) is 5.75 Å². The van der Waals surface area contributed by atoms with Crippen molar-refractivity contribution in [2.75, 3.05) is 27.2 Å². The average molecular weight is 581 g/mol. The van der Waals surface area contributed by atoms with Crippen molar-refractivity contribution >= 4 is 68.7 Å². The Balaban J connectivity index is 2.16. The fraction of sp³-hybridized carbons (Fsp3) is 0.222. The smallest absolute Gasteiger partial charge is 0.268 e. The molecule has 0 unspecified atom stereocenters. The van der Waals surface area contributed by atoms with Crippen LogP contribution in [-0.2, 0) is 10.0 Å². The van der Waals surface area contributed by atoms with Gasteiger partial charge in [0.1, 0.15) is 12.4 Å². The third-order valence-corrected chi connectivity index (χ3v) is 7.18. The molecule has 144 valence electrons. The number of benzene rings is 2. The van der Waals surface area contributed by atoms with E-state index in [1.54, 1.807) is 24.3 Å². The number of rotatable bonds is 6. The number of fused-ring (bicyclic) bond motifs is 1. The van der Waals surface area contributed by atoms with Gasteiger partial charge in [0.2, 0.25) is 0 Å². The summed E-state index contributed by atoms with van der Waals surface area (Å²) in [5.41, 5.74) is 0.543. The zero-order valence-electron chi connectivity index (χ0n) is 14.6. The van der Waals surface area contributed by atoms with Gasteiger partial charge in [-0.25, -0.2) is 12.4 Å². The van der Waals surface area contributed by atoms with Gasteiger partial charge in [0, 0.05) is 25.3 Å². The molecule has 1 heterocycles. The summed E-state index contributed by atoms with van der Waals surface area (Å²) in [5, 5.41) is 0.718. The lowest BCUT2D eigenvalue weighted by molar-refractivity contribution is 0.263. The summed E-state index contributed by atoms with van der Waals surface area (Å²) < 4.78 is 36.0. The highest BCUT2D eigenvalue weighted by Crippen LogP contribution is 2.38. The molecule has 2 aromatic carbocycles. The second-order valence-corrected chi connectivity index (χ2v) is 10.7. The Bertz CT molecular complexity index is 1080. The third-order valence-electron chi connectivity index (χ3n) is 3.92. The number of hydrogen-bond donors (Lipinski definition) is 0. The summed E-state index contributed by atoms with van der Waals surface area (Å²) in [4.78, 5) is 2.21. The lowest BCUT2D eigenvalue weighted by Gasteiger charge is -2.10. The Morgan fingerprint density at radius 2 is 1.70 bits per heavy atom. The zero-order valence-corrected chi connectivity index (χ0v) is 20.2. The maximum atomic E-state index is 13.2. The van der Waals surface area contributed by atoms with Gasteiger partial charge in [0.15, 0.2) is 0 Å². The number of ether oxygens (including phenoxy) is 1. The average Bonchev–Trinajstić information content (AvgIpc) is 2.94. The van der Waals surface area contributed by atoms with E-state index < -0.39 is 10.0 Å². The lowest BCUT2D eigenvalue weighted by Crippen LogP contribution is -2.19. The minimum absolute atomic E-state index is 0.206. The maximum Gasteiger partial charge on any atom is 0.268 e. The van der Waals surface area contributed by atoms with Crippen LogP contribution in [-0.4, -0.2) is 44.5 Å². The van der Waals surface area contributed by atoms with Crippen molar-refractivity contribution in [1.29, 1.82) is 0 Å². The topological polar surface area (TPSA) is 51.5 Å². The third kappa shape index (κ3) is 4.42. The molecule has 0 N–H and O–H groups in total. The molecule has 0 fully saturated rings. The van der Waals surface area contributed by atoms with Crippen LogP contribution in [0.3, 0.4) is 0 Å². The first-order valence-corrected chi connectivity index (χ1v) is 11.8. The van der Waals surface area contributed by atoms with Crippen LogP contribution in [0.4, 0.5) is 0 Å². The van der Waals surface area contributed by atoms with E-state index in [0.717, 1.165) is 20.9 Å². The monoisotopic (exact) mass is 578 g/mol. The van der Waals surface area contributed by atoms with Crippen LogP contribution in [0.15, 0.2) is 60.9 Å². The first-order chi connectivity index (χ1) is 12.7. The van der Waals surface area contributed by atoms with Gasteiger partial charge in [-0.15, -0.1) is 0 Å². The number of nitrogens with zero attached hydrogens (tertiary/aromatic N) is 2. The summed E-state index contributed by atoms with van der Waals surface area (Å²) in [5.74, 6) is 0.523. The first kappa shape index (κ1) is 20.9. The summed E-state index contributed by atoms with van der Waals surface area (Å²) in [7, 11) is 0.134. The molecule has 0 radical (unpaired) electrons. The van der Waals surface area contributed by atoms with Crippen molar-refractivity contribution in [1.82, 2.24) is 8.87 Å². The number of likely N-dealkylation sites (N-methyl/N-ethyl adjacent to an activating group) is 1. The van der Waals surface area contributed by atoms with Crippen molar-refractivity contribution in [3.63, 3.8) is 0 Å². The fourth-order valence-corrected chi connectivity index (χ4v) is 5.76. The lowest BCUT2D eigenvalue weighted by atomic mass is 10.2. The molecule has 0 aliphatic carbocycles. The summed E-state index contributed by atoms with van der Waals surface area (Å²) in [6.45, 7) is 1.18. The fourth-order valence-electron chi connectivity index (χ4n) is 2.58. The SMILES string of the molecule is CN(C)CCOc1cn(S(=O)(=O)c2ccc(Br)cc2)c2c(Br)cc(Br)cc12. The highest BCUT2D eigenvalue weighted by molar-refractivity contribution is 9.11. The summed E-state index contributed by atoms with van der Waals surface area (Å²) in [6.07, 6.45) is 1.54.